The second kappa shape index (κ2) is 10.5. The number of esters is 1. The number of ether oxygens (including phenoxy) is 1. The Labute approximate surface area is 182 Å². The third-order valence-corrected chi connectivity index (χ3v) is 5.80. The van der Waals surface area contributed by atoms with E-state index < -0.39 is 6.04 Å². The molecule has 0 spiro atoms. The molecule has 1 saturated heterocycles. The van der Waals surface area contributed by atoms with Crippen molar-refractivity contribution in [2.75, 3.05) is 45.2 Å². The number of halogens is 1. The molecule has 7 heteroatoms. The molecule has 0 saturated carbocycles. The summed E-state index contributed by atoms with van der Waals surface area (Å²) in [6.45, 7) is 4.95. The molecular weight excluding hydrogens is 402 g/mol. The van der Waals surface area contributed by atoms with E-state index in [0.717, 1.165) is 16.8 Å². The van der Waals surface area contributed by atoms with Gasteiger partial charge in [-0.2, -0.15) is 0 Å². The Morgan fingerprint density at radius 1 is 1.07 bits per heavy atom. The van der Waals surface area contributed by atoms with Crippen LogP contribution >= 0.6 is 11.6 Å². The molecule has 3 rings (SSSR count). The molecule has 2 aromatic carbocycles. The number of carbonyl (C=O) groups is 2. The lowest BCUT2D eigenvalue weighted by atomic mass is 10.0. The van der Waals surface area contributed by atoms with Gasteiger partial charge in [0, 0.05) is 49.9 Å². The number of benzene rings is 2. The smallest absolute Gasteiger partial charge is 0.327 e. The monoisotopic (exact) mass is 429 g/mol. The van der Waals surface area contributed by atoms with Crippen LogP contribution < -0.4 is 5.32 Å². The van der Waals surface area contributed by atoms with Gasteiger partial charge in [-0.1, -0.05) is 48.0 Å². The summed E-state index contributed by atoms with van der Waals surface area (Å²) in [7, 11) is 1.38. The van der Waals surface area contributed by atoms with Gasteiger partial charge in [0.2, 0.25) is 5.91 Å². The second-order valence-electron chi connectivity index (χ2n) is 7.36. The van der Waals surface area contributed by atoms with Crippen molar-refractivity contribution in [3.63, 3.8) is 0 Å². The van der Waals surface area contributed by atoms with Gasteiger partial charge in [-0.3, -0.25) is 9.69 Å². The Hall–Kier alpha value is -2.57. The highest BCUT2D eigenvalue weighted by Crippen LogP contribution is 2.29. The van der Waals surface area contributed by atoms with E-state index in [4.69, 9.17) is 16.3 Å². The Morgan fingerprint density at radius 2 is 1.73 bits per heavy atom. The largest absolute Gasteiger partial charge is 0.468 e. The van der Waals surface area contributed by atoms with E-state index >= 15 is 0 Å². The van der Waals surface area contributed by atoms with Crippen LogP contribution in [0.1, 0.15) is 23.6 Å². The summed E-state index contributed by atoms with van der Waals surface area (Å²) in [4.78, 5) is 29.0. The van der Waals surface area contributed by atoms with Gasteiger partial charge in [0.15, 0.2) is 0 Å². The van der Waals surface area contributed by atoms with Crippen molar-refractivity contribution in [1.29, 1.82) is 0 Å². The Morgan fingerprint density at radius 3 is 2.40 bits per heavy atom. The van der Waals surface area contributed by atoms with E-state index in [0.29, 0.717) is 44.2 Å². The van der Waals surface area contributed by atoms with E-state index in [-0.39, 0.29) is 11.9 Å². The van der Waals surface area contributed by atoms with Crippen LogP contribution in [0, 0.1) is 6.92 Å². The standard InChI is InChI=1S/C23H28ClN3O3/c1-17-7-3-6-10-20(17)25-12-11-21(28)26-13-15-27(16-14-26)22(23(29)30-2)18-8-4-5-9-19(18)24/h3-10,22,25H,11-16H2,1-2H3. The highest BCUT2D eigenvalue weighted by Gasteiger charge is 2.33. The fourth-order valence-electron chi connectivity index (χ4n) is 3.74. The maximum Gasteiger partial charge on any atom is 0.327 e. The normalized spacial score (nSPS) is 15.5. The summed E-state index contributed by atoms with van der Waals surface area (Å²) < 4.78 is 5.03. The number of anilines is 1. The predicted molar refractivity (Wildman–Crippen MR) is 119 cm³/mol. The number of rotatable bonds is 7. The number of aryl methyl sites for hydroxylation is 1. The zero-order chi connectivity index (χ0) is 21.5. The van der Waals surface area contributed by atoms with Crippen molar-refractivity contribution in [1.82, 2.24) is 9.80 Å². The van der Waals surface area contributed by atoms with Gasteiger partial charge in [0.25, 0.3) is 0 Å². The number of hydrogen-bond donors (Lipinski definition) is 1. The molecule has 0 bridgehead atoms. The number of nitrogens with one attached hydrogen (secondary N) is 1. The van der Waals surface area contributed by atoms with E-state index in [9.17, 15) is 9.59 Å². The number of amides is 1. The van der Waals surface area contributed by atoms with Crippen molar-refractivity contribution >= 4 is 29.2 Å². The van der Waals surface area contributed by atoms with Gasteiger partial charge >= 0.3 is 5.97 Å². The molecule has 1 unspecified atom stereocenters. The van der Waals surface area contributed by atoms with Gasteiger partial charge in [-0.15, -0.1) is 0 Å². The molecule has 1 fully saturated rings. The first-order chi connectivity index (χ1) is 14.5. The predicted octanol–water partition coefficient (Wildman–Crippen LogP) is 3.51. The average molecular weight is 430 g/mol. The van der Waals surface area contributed by atoms with Crippen molar-refractivity contribution in [3.8, 4) is 0 Å². The molecule has 1 atom stereocenters. The third kappa shape index (κ3) is 5.32. The molecule has 2 aromatic rings. The Kier molecular flexibility index (Phi) is 7.71. The highest BCUT2D eigenvalue weighted by atomic mass is 35.5. The maximum atomic E-state index is 12.6. The number of piperazine rings is 1. The summed E-state index contributed by atoms with van der Waals surface area (Å²) >= 11 is 6.33. The molecule has 1 N–H and O–H groups in total. The minimum Gasteiger partial charge on any atom is -0.468 e. The van der Waals surface area contributed by atoms with Crippen LogP contribution in [0.3, 0.4) is 0 Å². The van der Waals surface area contributed by atoms with Crippen molar-refractivity contribution in [2.24, 2.45) is 0 Å². The summed E-state index contributed by atoms with van der Waals surface area (Å²) in [6.07, 6.45) is 0.430. The molecule has 1 aliphatic rings. The zero-order valence-electron chi connectivity index (χ0n) is 17.4. The number of nitrogens with zero attached hydrogens (tertiary/aromatic N) is 2. The molecule has 30 heavy (non-hydrogen) atoms. The first-order valence-corrected chi connectivity index (χ1v) is 10.5. The fraction of sp³-hybridized carbons (Fsp3) is 0.391. The summed E-state index contributed by atoms with van der Waals surface area (Å²) in [5.41, 5.74) is 2.94. The highest BCUT2D eigenvalue weighted by molar-refractivity contribution is 6.31. The fourth-order valence-corrected chi connectivity index (χ4v) is 3.98. The van der Waals surface area contributed by atoms with E-state index in [1.54, 1.807) is 6.07 Å². The van der Waals surface area contributed by atoms with Crippen LogP contribution in [-0.2, 0) is 14.3 Å². The quantitative estimate of drug-likeness (QED) is 0.682. The van der Waals surface area contributed by atoms with Crippen LogP contribution in [0.5, 0.6) is 0 Å². The zero-order valence-corrected chi connectivity index (χ0v) is 18.2. The molecule has 0 aliphatic carbocycles. The summed E-state index contributed by atoms with van der Waals surface area (Å²) in [5.74, 6) is -0.228. The third-order valence-electron chi connectivity index (χ3n) is 5.46. The molecular formula is C23H28ClN3O3. The first-order valence-electron chi connectivity index (χ1n) is 10.1. The molecule has 1 heterocycles. The number of hydrogen-bond acceptors (Lipinski definition) is 5. The van der Waals surface area contributed by atoms with Gasteiger partial charge in [0.05, 0.1) is 7.11 Å². The molecule has 1 amide bonds. The second-order valence-corrected chi connectivity index (χ2v) is 7.76. The van der Waals surface area contributed by atoms with E-state index in [1.807, 2.05) is 59.2 Å². The van der Waals surface area contributed by atoms with Crippen LogP contribution in [0.25, 0.3) is 0 Å². The topological polar surface area (TPSA) is 61.9 Å². The lowest BCUT2D eigenvalue weighted by Gasteiger charge is -2.38. The lowest BCUT2D eigenvalue weighted by molar-refractivity contribution is -0.148. The molecule has 0 radical (unpaired) electrons. The van der Waals surface area contributed by atoms with Crippen molar-refractivity contribution in [3.05, 3.63) is 64.7 Å². The van der Waals surface area contributed by atoms with E-state index in [2.05, 4.69) is 5.32 Å². The van der Waals surface area contributed by atoms with E-state index in [1.165, 1.54) is 7.11 Å². The van der Waals surface area contributed by atoms with Gasteiger partial charge < -0.3 is 15.0 Å². The maximum absolute atomic E-state index is 12.6. The van der Waals surface area contributed by atoms with Crippen LogP contribution in [0.4, 0.5) is 5.69 Å². The Bertz CT molecular complexity index is 882. The summed E-state index contributed by atoms with van der Waals surface area (Å²) in [5, 5.41) is 3.86. The molecule has 6 nitrogen and oxygen atoms in total. The van der Waals surface area contributed by atoms with Crippen LogP contribution in [-0.4, -0.2) is 61.5 Å². The van der Waals surface area contributed by atoms with Gasteiger partial charge in [-0.25, -0.2) is 4.79 Å². The Balaban J connectivity index is 1.55. The van der Waals surface area contributed by atoms with Crippen molar-refractivity contribution in [2.45, 2.75) is 19.4 Å². The van der Waals surface area contributed by atoms with Gasteiger partial charge in [0.1, 0.15) is 6.04 Å². The lowest BCUT2D eigenvalue weighted by Crippen LogP contribution is -2.51. The molecule has 160 valence electrons. The SMILES string of the molecule is COC(=O)C(c1ccccc1Cl)N1CCN(C(=O)CCNc2ccccc2C)CC1. The molecule has 1 aliphatic heterocycles. The van der Waals surface area contributed by atoms with Crippen LogP contribution in [0.2, 0.25) is 5.02 Å². The van der Waals surface area contributed by atoms with Crippen molar-refractivity contribution < 1.29 is 14.3 Å². The minimum absolute atomic E-state index is 0.114. The van der Waals surface area contributed by atoms with Crippen LogP contribution in [0.15, 0.2) is 48.5 Å². The number of carbonyl (C=O) groups excluding carboxylic acids is 2. The average Bonchev–Trinajstić information content (AvgIpc) is 2.76. The first kappa shape index (κ1) is 22.1. The number of para-hydroxylation sites is 1. The summed E-state index contributed by atoms with van der Waals surface area (Å²) in [6, 6.07) is 14.8. The van der Waals surface area contributed by atoms with Gasteiger partial charge in [-0.05, 0) is 30.2 Å². The number of methoxy groups -OCH3 is 1. The minimum atomic E-state index is -0.566. The molecule has 0 aromatic heterocycles.